The van der Waals surface area contributed by atoms with E-state index in [0.717, 1.165) is 57.8 Å². The largest absolute Gasteiger partial charge is 0.544 e. The molecule has 0 heterocycles. The summed E-state index contributed by atoms with van der Waals surface area (Å²) >= 11 is 0. The van der Waals surface area contributed by atoms with Gasteiger partial charge in [0.25, 0.3) is 0 Å². The number of carbonyl (C=O) groups is 3. The average Bonchev–Trinajstić information content (AvgIpc) is 3.14. The second-order valence-electron chi connectivity index (χ2n) is 16.3. The van der Waals surface area contributed by atoms with Gasteiger partial charge in [-0.1, -0.05) is 147 Å². The lowest BCUT2D eigenvalue weighted by molar-refractivity contribution is -0.889. The van der Waals surface area contributed by atoms with Gasteiger partial charge in [-0.2, -0.15) is 0 Å². The maximum absolute atomic E-state index is 12.7. The Hall–Kier alpha value is -2.45. The summed E-state index contributed by atoms with van der Waals surface area (Å²) in [5, 5.41) is 11.6. The van der Waals surface area contributed by atoms with Crippen LogP contribution in [0.3, 0.4) is 0 Å². The van der Waals surface area contributed by atoms with Gasteiger partial charge in [0.2, 0.25) is 0 Å². The van der Waals surface area contributed by atoms with Crippen LogP contribution in [-0.4, -0.2) is 75.5 Å². The number of ether oxygens (including phenoxy) is 3. The predicted molar refractivity (Wildman–Crippen MR) is 227 cm³/mol. The summed E-state index contributed by atoms with van der Waals surface area (Å²) < 4.78 is 17.2. The first kappa shape index (κ1) is 52.6. The Kier molecular flexibility index (Phi) is 36.7. The van der Waals surface area contributed by atoms with Crippen molar-refractivity contribution in [2.24, 2.45) is 0 Å². The Morgan fingerprint density at radius 3 is 1.51 bits per heavy atom. The molecule has 8 heteroatoms. The normalized spacial score (nSPS) is 13.3. The van der Waals surface area contributed by atoms with Crippen molar-refractivity contribution in [1.82, 2.24) is 0 Å². The number of unbranched alkanes of at least 4 members (excludes halogenated alkanes) is 20. The Morgan fingerprint density at radius 1 is 0.564 bits per heavy atom. The van der Waals surface area contributed by atoms with Crippen molar-refractivity contribution in [2.45, 2.75) is 206 Å². The van der Waals surface area contributed by atoms with Crippen LogP contribution in [0.2, 0.25) is 0 Å². The van der Waals surface area contributed by atoms with E-state index in [4.69, 9.17) is 14.2 Å². The minimum absolute atomic E-state index is 0.0376. The zero-order valence-electron chi connectivity index (χ0n) is 36.3. The van der Waals surface area contributed by atoms with Crippen LogP contribution in [0, 0.1) is 0 Å². The van der Waals surface area contributed by atoms with Crippen molar-refractivity contribution in [3.05, 3.63) is 36.5 Å². The number of aliphatic carboxylic acids is 1. The highest BCUT2D eigenvalue weighted by Gasteiger charge is 2.25. The lowest BCUT2D eigenvalue weighted by Crippen LogP contribution is -2.55. The number of likely N-dealkylation sites (N-methyl/N-ethyl adjacent to an activating group) is 1. The van der Waals surface area contributed by atoms with Gasteiger partial charge in [0, 0.05) is 19.3 Å². The average molecular weight is 776 g/mol. The van der Waals surface area contributed by atoms with Crippen molar-refractivity contribution in [1.29, 1.82) is 0 Å². The van der Waals surface area contributed by atoms with Crippen molar-refractivity contribution in [3.63, 3.8) is 0 Å². The van der Waals surface area contributed by atoms with Gasteiger partial charge in [-0.3, -0.25) is 9.59 Å². The minimum Gasteiger partial charge on any atom is -0.544 e. The topological polar surface area (TPSA) is 102 Å². The second kappa shape index (κ2) is 38.4. The predicted octanol–water partition coefficient (Wildman–Crippen LogP) is 10.9. The van der Waals surface area contributed by atoms with Crippen molar-refractivity contribution >= 4 is 17.9 Å². The number of esters is 2. The van der Waals surface area contributed by atoms with Gasteiger partial charge in [0.15, 0.2) is 6.10 Å². The minimum atomic E-state index is -1.13. The van der Waals surface area contributed by atoms with Gasteiger partial charge in [-0.05, 0) is 64.2 Å². The molecule has 0 spiro atoms. The third-order valence-electron chi connectivity index (χ3n) is 10.0. The van der Waals surface area contributed by atoms with Crippen LogP contribution >= 0.6 is 0 Å². The molecule has 0 saturated heterocycles. The molecule has 0 aliphatic carbocycles. The standard InChI is InChI=1S/C47H85NO7/c1-6-8-10-12-14-16-18-20-22-23-24-26-28-30-32-34-36-38-46(50)55-43(41-53-40-39-44(47(51)52)48(3,4)5)42-54-45(49)37-35-33-31-29-27-25-21-19-17-15-13-11-9-7-2/h9,11,15,17,20,22,43-44H,6-8,10,12-14,16,18-19,21,23-42H2,1-5H3/b11-9+,17-15+,22-20+. The zero-order valence-corrected chi connectivity index (χ0v) is 36.3. The number of carbonyl (C=O) groups excluding carboxylic acids is 3. The van der Waals surface area contributed by atoms with Gasteiger partial charge in [0.05, 0.1) is 40.3 Å². The van der Waals surface area contributed by atoms with E-state index >= 15 is 0 Å². The molecular formula is C47H85NO7. The molecule has 0 amide bonds. The maximum Gasteiger partial charge on any atom is 0.306 e. The molecular weight excluding hydrogens is 691 g/mol. The smallest absolute Gasteiger partial charge is 0.306 e. The molecule has 0 aromatic heterocycles. The quantitative estimate of drug-likeness (QED) is 0.0264. The number of quaternary nitrogens is 1. The fourth-order valence-electron chi connectivity index (χ4n) is 6.51. The van der Waals surface area contributed by atoms with Crippen LogP contribution in [0.1, 0.15) is 194 Å². The van der Waals surface area contributed by atoms with E-state index in [0.29, 0.717) is 12.8 Å². The third-order valence-corrected chi connectivity index (χ3v) is 10.0. The summed E-state index contributed by atoms with van der Waals surface area (Å²) in [4.78, 5) is 36.9. The molecule has 2 atom stereocenters. The summed E-state index contributed by atoms with van der Waals surface area (Å²) in [6, 6.07) is -0.726. The Labute approximate surface area is 338 Å². The molecule has 0 rings (SSSR count). The molecule has 2 unspecified atom stereocenters. The second-order valence-corrected chi connectivity index (χ2v) is 16.3. The number of hydrogen-bond donors (Lipinski definition) is 0. The zero-order chi connectivity index (χ0) is 40.7. The van der Waals surface area contributed by atoms with Gasteiger partial charge in [0.1, 0.15) is 12.6 Å². The van der Waals surface area contributed by atoms with Crippen LogP contribution < -0.4 is 5.11 Å². The molecule has 0 bridgehead atoms. The van der Waals surface area contributed by atoms with E-state index in [9.17, 15) is 19.5 Å². The molecule has 8 nitrogen and oxygen atoms in total. The van der Waals surface area contributed by atoms with Gasteiger partial charge < -0.3 is 28.6 Å². The Bertz CT molecular complexity index is 1000. The molecule has 0 aliphatic heterocycles. The number of rotatable bonds is 40. The van der Waals surface area contributed by atoms with Crippen LogP contribution in [0.5, 0.6) is 0 Å². The van der Waals surface area contributed by atoms with E-state index in [1.54, 1.807) is 21.1 Å². The number of nitrogens with zero attached hydrogens (tertiary/aromatic N) is 1. The molecule has 0 aliphatic rings. The molecule has 0 fully saturated rings. The highest BCUT2D eigenvalue weighted by atomic mass is 16.6. The van der Waals surface area contributed by atoms with Gasteiger partial charge in [-0.15, -0.1) is 0 Å². The first-order chi connectivity index (χ1) is 26.6. The fraction of sp³-hybridized carbons (Fsp3) is 0.809. The van der Waals surface area contributed by atoms with Crippen LogP contribution in [0.4, 0.5) is 0 Å². The first-order valence-electron chi connectivity index (χ1n) is 22.5. The summed E-state index contributed by atoms with van der Waals surface area (Å²) in [6.07, 6.45) is 43.1. The number of allylic oxidation sites excluding steroid dienone is 6. The van der Waals surface area contributed by atoms with Gasteiger partial charge >= 0.3 is 11.9 Å². The first-order valence-corrected chi connectivity index (χ1v) is 22.5. The summed E-state index contributed by atoms with van der Waals surface area (Å²) in [6.45, 7) is 4.55. The lowest BCUT2D eigenvalue weighted by Gasteiger charge is -2.34. The monoisotopic (exact) mass is 776 g/mol. The number of carboxylic acid groups (broad SMARTS) is 1. The molecule has 320 valence electrons. The Morgan fingerprint density at radius 2 is 1.02 bits per heavy atom. The highest BCUT2D eigenvalue weighted by Crippen LogP contribution is 2.14. The van der Waals surface area contributed by atoms with Crippen LogP contribution in [-0.2, 0) is 28.6 Å². The fourth-order valence-corrected chi connectivity index (χ4v) is 6.51. The van der Waals surface area contributed by atoms with E-state index < -0.39 is 18.1 Å². The molecule has 0 radical (unpaired) electrons. The molecule has 55 heavy (non-hydrogen) atoms. The molecule has 0 aromatic carbocycles. The van der Waals surface area contributed by atoms with Crippen LogP contribution in [0.25, 0.3) is 0 Å². The van der Waals surface area contributed by atoms with Gasteiger partial charge in [-0.25, -0.2) is 0 Å². The Balaban J connectivity index is 4.33. The van der Waals surface area contributed by atoms with E-state index in [1.807, 2.05) is 0 Å². The summed E-state index contributed by atoms with van der Waals surface area (Å²) in [7, 11) is 5.40. The van der Waals surface area contributed by atoms with Crippen molar-refractivity contribution in [2.75, 3.05) is 41.0 Å². The van der Waals surface area contributed by atoms with Crippen molar-refractivity contribution < 1.29 is 38.2 Å². The molecule has 0 N–H and O–H groups in total. The summed E-state index contributed by atoms with van der Waals surface area (Å²) in [5.74, 6) is -1.75. The number of carboxylic acids is 1. The molecule has 0 saturated carbocycles. The van der Waals surface area contributed by atoms with E-state index in [1.165, 1.54) is 103 Å². The SMILES string of the molecule is CC/C=C/C/C=C/CCCCCCCCCC(=O)OCC(COCCC(C(=O)[O-])[N+](C)(C)C)OC(=O)CCCCCCCCC/C=C/CCCCCCCC. The highest BCUT2D eigenvalue weighted by molar-refractivity contribution is 5.70. The number of hydrogen-bond acceptors (Lipinski definition) is 7. The van der Waals surface area contributed by atoms with E-state index in [-0.39, 0.29) is 42.7 Å². The van der Waals surface area contributed by atoms with Crippen molar-refractivity contribution in [3.8, 4) is 0 Å². The third kappa shape index (κ3) is 36.9. The summed E-state index contributed by atoms with van der Waals surface area (Å²) in [5.41, 5.74) is 0. The van der Waals surface area contributed by atoms with Crippen LogP contribution in [0.15, 0.2) is 36.5 Å². The molecule has 0 aromatic rings. The van der Waals surface area contributed by atoms with E-state index in [2.05, 4.69) is 50.3 Å². The lowest BCUT2D eigenvalue weighted by atomic mass is 10.1. The maximum atomic E-state index is 12.7.